The molecule has 2 aliphatic rings. The number of benzene rings is 1. The molecule has 1 saturated carbocycles. The van der Waals surface area contributed by atoms with Gasteiger partial charge in [0.05, 0.1) is 34.0 Å². The number of nitrogens with zero attached hydrogens (tertiary/aromatic N) is 3. The van der Waals surface area contributed by atoms with Crippen LogP contribution in [0, 0.1) is 11.8 Å². The van der Waals surface area contributed by atoms with Crippen molar-refractivity contribution in [3.63, 3.8) is 0 Å². The summed E-state index contributed by atoms with van der Waals surface area (Å²) in [6.45, 7) is 2.31. The molecule has 1 aromatic carbocycles. The highest BCUT2D eigenvalue weighted by Gasteiger charge is 2.53. The minimum absolute atomic E-state index is 0.0649. The van der Waals surface area contributed by atoms with E-state index in [-0.39, 0.29) is 17.8 Å². The normalized spacial score (nSPS) is 25.7. The van der Waals surface area contributed by atoms with E-state index in [9.17, 15) is 5.11 Å². The molecular weight excluding hydrogens is 398 g/mol. The second kappa shape index (κ2) is 8.88. The highest BCUT2D eigenvalue weighted by molar-refractivity contribution is 5.41. The van der Waals surface area contributed by atoms with Crippen molar-refractivity contribution in [2.75, 3.05) is 41.5 Å². The molecule has 168 valence electrons. The summed E-state index contributed by atoms with van der Waals surface area (Å²) in [5.74, 6) is 2.11. The topological polar surface area (TPSA) is 86.2 Å². The maximum Gasteiger partial charge on any atom is 0.319 e. The van der Waals surface area contributed by atoms with Gasteiger partial charge in [-0.2, -0.15) is 4.98 Å². The van der Waals surface area contributed by atoms with Crippen LogP contribution in [0.15, 0.2) is 24.4 Å². The predicted octanol–water partition coefficient (Wildman–Crippen LogP) is 2.63. The Bertz CT molecular complexity index is 908. The number of ether oxygens (including phenoxy) is 4. The zero-order valence-corrected chi connectivity index (χ0v) is 18.6. The molecule has 2 aromatic rings. The molecule has 0 spiro atoms. The molecule has 31 heavy (non-hydrogen) atoms. The van der Waals surface area contributed by atoms with Crippen LogP contribution < -0.4 is 18.9 Å². The smallest absolute Gasteiger partial charge is 0.319 e. The molecule has 2 bridgehead atoms. The molecular formula is C23H31N3O5. The van der Waals surface area contributed by atoms with E-state index in [1.165, 1.54) is 7.11 Å². The lowest BCUT2D eigenvalue weighted by Gasteiger charge is -2.53. The molecule has 1 aliphatic heterocycles. The van der Waals surface area contributed by atoms with Gasteiger partial charge < -0.3 is 24.1 Å². The fraction of sp³-hybridized carbons (Fsp3) is 0.565. The van der Waals surface area contributed by atoms with Crippen LogP contribution in [-0.4, -0.2) is 61.5 Å². The van der Waals surface area contributed by atoms with Crippen molar-refractivity contribution in [3.8, 4) is 23.4 Å². The highest BCUT2D eigenvalue weighted by Crippen LogP contribution is 2.51. The minimum atomic E-state index is -1.02. The molecule has 4 rings (SSSR count). The zero-order chi connectivity index (χ0) is 22.0. The Kier molecular flexibility index (Phi) is 6.20. The third-order valence-corrected chi connectivity index (χ3v) is 6.73. The van der Waals surface area contributed by atoms with Gasteiger partial charge in [-0.25, -0.2) is 4.98 Å². The third kappa shape index (κ3) is 3.90. The number of methoxy groups -OCH3 is 4. The Morgan fingerprint density at radius 3 is 2.39 bits per heavy atom. The van der Waals surface area contributed by atoms with Gasteiger partial charge in [-0.15, -0.1) is 0 Å². The van der Waals surface area contributed by atoms with Crippen LogP contribution in [0.3, 0.4) is 0 Å². The summed E-state index contributed by atoms with van der Waals surface area (Å²) in [5, 5.41) is 12.0. The number of likely N-dealkylation sites (tertiary alicyclic amines) is 1. The van der Waals surface area contributed by atoms with Crippen molar-refractivity contribution in [2.45, 2.75) is 31.4 Å². The quantitative estimate of drug-likeness (QED) is 0.719. The van der Waals surface area contributed by atoms with Crippen molar-refractivity contribution < 1.29 is 24.1 Å². The van der Waals surface area contributed by atoms with Crippen molar-refractivity contribution >= 4 is 0 Å². The summed E-state index contributed by atoms with van der Waals surface area (Å²) in [7, 11) is 6.41. The van der Waals surface area contributed by atoms with Gasteiger partial charge in [-0.3, -0.25) is 4.90 Å². The number of aromatic nitrogens is 2. The molecule has 1 aromatic heterocycles. The van der Waals surface area contributed by atoms with E-state index in [0.29, 0.717) is 11.4 Å². The summed E-state index contributed by atoms with van der Waals surface area (Å²) in [6, 6.07) is 6.15. The average Bonchev–Trinajstić information content (AvgIpc) is 2.79. The lowest BCUT2D eigenvalue weighted by atomic mass is 9.63. The van der Waals surface area contributed by atoms with Crippen molar-refractivity contribution in [3.05, 3.63) is 35.5 Å². The van der Waals surface area contributed by atoms with Crippen molar-refractivity contribution in [1.82, 2.24) is 14.9 Å². The molecule has 0 amide bonds. The van der Waals surface area contributed by atoms with Crippen molar-refractivity contribution in [2.24, 2.45) is 11.8 Å². The predicted molar refractivity (Wildman–Crippen MR) is 115 cm³/mol. The first-order valence-electron chi connectivity index (χ1n) is 10.6. The van der Waals surface area contributed by atoms with E-state index in [4.69, 9.17) is 18.9 Å². The summed E-state index contributed by atoms with van der Waals surface area (Å²) in [4.78, 5) is 11.0. The van der Waals surface area contributed by atoms with Crippen LogP contribution in [0.25, 0.3) is 0 Å². The number of piperidine rings is 1. The monoisotopic (exact) mass is 429 g/mol. The molecule has 1 saturated heterocycles. The fourth-order valence-electron chi connectivity index (χ4n) is 5.21. The molecule has 2 atom stereocenters. The summed E-state index contributed by atoms with van der Waals surface area (Å²) >= 11 is 0. The fourth-order valence-corrected chi connectivity index (χ4v) is 5.21. The van der Waals surface area contributed by atoms with E-state index in [1.807, 2.05) is 12.1 Å². The Balaban J connectivity index is 1.60. The van der Waals surface area contributed by atoms with Crippen LogP contribution in [0.5, 0.6) is 23.4 Å². The molecule has 8 nitrogen and oxygen atoms in total. The first-order chi connectivity index (χ1) is 15.0. The molecule has 1 N–H and O–H groups in total. The Morgan fingerprint density at radius 2 is 1.77 bits per heavy atom. The maximum absolute atomic E-state index is 12.0. The molecule has 2 fully saturated rings. The summed E-state index contributed by atoms with van der Waals surface area (Å²) in [5.41, 5.74) is 0.750. The van der Waals surface area contributed by atoms with Crippen LogP contribution >= 0.6 is 0 Å². The van der Waals surface area contributed by atoms with Gasteiger partial charge in [0.2, 0.25) is 5.88 Å². The van der Waals surface area contributed by atoms with Crippen molar-refractivity contribution in [1.29, 1.82) is 0 Å². The zero-order valence-electron chi connectivity index (χ0n) is 18.6. The van der Waals surface area contributed by atoms with E-state index >= 15 is 0 Å². The maximum atomic E-state index is 12.0. The van der Waals surface area contributed by atoms with Gasteiger partial charge in [0.15, 0.2) is 0 Å². The number of hydrogen-bond donors (Lipinski definition) is 1. The number of aliphatic hydroxyl groups is 1. The first kappa shape index (κ1) is 21.6. The number of hydrogen-bond acceptors (Lipinski definition) is 8. The van der Waals surface area contributed by atoms with E-state index in [0.717, 1.165) is 56.0 Å². The third-order valence-electron chi connectivity index (χ3n) is 6.73. The van der Waals surface area contributed by atoms with Crippen LogP contribution in [0.4, 0.5) is 0 Å². The SMILES string of the molecule is COc1ccc(CN2C[C@@H]3CCC[C@@H](C2)C3(O)c2cnc(OC)nc2OC)c(OC)c1. The van der Waals surface area contributed by atoms with E-state index in [1.54, 1.807) is 27.5 Å². The Labute approximate surface area is 183 Å². The molecule has 8 heteroatoms. The molecule has 1 aliphatic carbocycles. The Morgan fingerprint density at radius 1 is 1.03 bits per heavy atom. The highest BCUT2D eigenvalue weighted by atomic mass is 16.5. The minimum Gasteiger partial charge on any atom is -0.497 e. The largest absolute Gasteiger partial charge is 0.497 e. The molecule has 0 radical (unpaired) electrons. The van der Waals surface area contributed by atoms with Crippen LogP contribution in [0.1, 0.15) is 30.4 Å². The van der Waals surface area contributed by atoms with Crippen LogP contribution in [0.2, 0.25) is 0 Å². The van der Waals surface area contributed by atoms with Crippen LogP contribution in [-0.2, 0) is 12.1 Å². The van der Waals surface area contributed by atoms with Gasteiger partial charge in [0, 0.05) is 49.3 Å². The van der Waals surface area contributed by atoms with Gasteiger partial charge in [-0.05, 0) is 18.9 Å². The Hall–Kier alpha value is -2.58. The lowest BCUT2D eigenvalue weighted by Crippen LogP contribution is -2.58. The summed E-state index contributed by atoms with van der Waals surface area (Å²) < 4.78 is 21.6. The first-order valence-corrected chi connectivity index (χ1v) is 10.6. The number of rotatable bonds is 7. The average molecular weight is 430 g/mol. The molecule has 2 heterocycles. The van der Waals surface area contributed by atoms with Gasteiger partial charge in [0.1, 0.15) is 17.1 Å². The second-order valence-corrected chi connectivity index (χ2v) is 8.30. The van der Waals surface area contributed by atoms with E-state index in [2.05, 4.69) is 20.9 Å². The second-order valence-electron chi connectivity index (χ2n) is 8.30. The van der Waals surface area contributed by atoms with Gasteiger partial charge >= 0.3 is 6.01 Å². The van der Waals surface area contributed by atoms with Gasteiger partial charge in [0.25, 0.3) is 0 Å². The molecule has 0 unspecified atom stereocenters. The standard InChI is InChI=1S/C23H31N3O5/c1-28-18-9-8-15(20(10-18)29-2)12-26-13-16-6-5-7-17(14-26)23(16,27)19-11-24-22(31-4)25-21(19)30-3/h8-11,16-17,27H,5-7,12-14H2,1-4H3/t16-,17-/m0/s1. The van der Waals surface area contributed by atoms with E-state index < -0.39 is 5.60 Å². The summed E-state index contributed by atoms with van der Waals surface area (Å²) in [6.07, 6.45) is 4.66. The lowest BCUT2D eigenvalue weighted by molar-refractivity contribution is -0.149. The number of fused-ring (bicyclic) bond motifs is 2. The van der Waals surface area contributed by atoms with Gasteiger partial charge in [-0.1, -0.05) is 12.5 Å².